The summed E-state index contributed by atoms with van der Waals surface area (Å²) in [6.45, 7) is 9.42. The number of ether oxygens (including phenoxy) is 14. The summed E-state index contributed by atoms with van der Waals surface area (Å²) < 4.78 is 98.8. The summed E-state index contributed by atoms with van der Waals surface area (Å²) in [5.74, 6) is -0.564. The van der Waals surface area contributed by atoms with Crippen LogP contribution in [0, 0.1) is 0 Å². The maximum absolute atomic E-state index is 13.6. The molecule has 15 atom stereocenters. The smallest absolute Gasteiger partial charge is 0.303 e. The van der Waals surface area contributed by atoms with Crippen LogP contribution in [0.4, 0.5) is 0 Å². The molecule has 3 heterocycles. The van der Waals surface area contributed by atoms with Gasteiger partial charge in [-0.1, -0.05) is 251 Å². The molecule has 490 valence electrons. The summed E-state index contributed by atoms with van der Waals surface area (Å²) in [7, 11) is 0. The molecule has 3 aliphatic rings. The lowest BCUT2D eigenvalue weighted by Crippen LogP contribution is -2.67. The second kappa shape index (κ2) is 36.8. The summed E-state index contributed by atoms with van der Waals surface area (Å²) >= 11 is 0. The highest BCUT2D eigenvalue weighted by Gasteiger charge is 2.57. The first-order chi connectivity index (χ1) is 45.3. The van der Waals surface area contributed by atoms with Gasteiger partial charge in [0.15, 0.2) is 25.0 Å². The number of benzene rings is 7. The van der Waals surface area contributed by atoms with Crippen molar-refractivity contribution in [3.8, 4) is 0 Å². The number of carbonyl (C=O) groups is 1. The summed E-state index contributed by atoms with van der Waals surface area (Å²) in [6, 6.07) is 69.6. The van der Waals surface area contributed by atoms with Gasteiger partial charge in [0.1, 0.15) is 54.9 Å². The summed E-state index contributed by atoms with van der Waals surface area (Å²) in [6.07, 6.45) is -7.68. The average Bonchev–Trinajstić information content (AvgIpc) is 0.850. The third kappa shape index (κ3) is 20.5. The third-order valence-corrected chi connectivity index (χ3v) is 16.8. The van der Waals surface area contributed by atoms with Crippen LogP contribution in [0.25, 0.3) is 0 Å². The minimum atomic E-state index is -1.27. The van der Waals surface area contributed by atoms with Gasteiger partial charge < -0.3 is 66.3 Å². The molecule has 7 aromatic carbocycles. The zero-order chi connectivity index (χ0) is 63.5. The number of hydrogen-bond acceptors (Lipinski definition) is 15. The predicted octanol–water partition coefficient (Wildman–Crippen LogP) is 14.0. The van der Waals surface area contributed by atoms with Crippen LogP contribution >= 0.6 is 0 Å². The van der Waals surface area contributed by atoms with Crippen LogP contribution in [0.3, 0.4) is 0 Å². The van der Waals surface area contributed by atoms with Crippen molar-refractivity contribution in [1.29, 1.82) is 0 Å². The summed E-state index contributed by atoms with van der Waals surface area (Å²) in [4.78, 5) is 13.6. The van der Waals surface area contributed by atoms with E-state index >= 15 is 0 Å². The molecular weight excluding hydrogens is 1160 g/mol. The van der Waals surface area contributed by atoms with E-state index in [1.54, 1.807) is 0 Å². The Balaban J connectivity index is 1.06. The molecule has 3 aliphatic heterocycles. The van der Waals surface area contributed by atoms with E-state index in [-0.39, 0.29) is 46.2 Å². The fourth-order valence-corrected chi connectivity index (χ4v) is 12.0. The van der Waals surface area contributed by atoms with E-state index in [1.165, 1.54) is 13.3 Å². The largest absolute Gasteiger partial charge is 0.454 e. The molecule has 0 unspecified atom stereocenters. The minimum Gasteiger partial charge on any atom is -0.454 e. The van der Waals surface area contributed by atoms with Crippen LogP contribution in [-0.4, -0.2) is 111 Å². The molecule has 0 saturated carbocycles. The van der Waals surface area contributed by atoms with Crippen molar-refractivity contribution in [2.45, 2.75) is 205 Å². The van der Waals surface area contributed by atoms with Crippen LogP contribution in [0.2, 0.25) is 0 Å². The highest BCUT2D eigenvalue weighted by molar-refractivity contribution is 5.66. The van der Waals surface area contributed by atoms with Crippen molar-refractivity contribution in [1.82, 2.24) is 0 Å². The first-order valence-corrected chi connectivity index (χ1v) is 32.9. The zero-order valence-corrected chi connectivity index (χ0v) is 53.6. The summed E-state index contributed by atoms with van der Waals surface area (Å²) in [5, 5.41) is 0. The van der Waals surface area contributed by atoms with Gasteiger partial charge in [-0.2, -0.15) is 0 Å². The Morgan fingerprint density at radius 2 is 0.663 bits per heavy atom. The maximum Gasteiger partial charge on any atom is 0.303 e. The van der Waals surface area contributed by atoms with Gasteiger partial charge in [0, 0.05) is 13.5 Å². The van der Waals surface area contributed by atoms with Crippen LogP contribution in [-0.2, 0) is 117 Å². The van der Waals surface area contributed by atoms with E-state index in [9.17, 15) is 4.79 Å². The van der Waals surface area contributed by atoms with Crippen molar-refractivity contribution < 1.29 is 71.1 Å². The van der Waals surface area contributed by atoms with Crippen molar-refractivity contribution in [3.63, 3.8) is 0 Å². The van der Waals surface area contributed by atoms with Gasteiger partial charge in [-0.15, -0.1) is 0 Å². The molecule has 0 bridgehead atoms. The second-order valence-corrected chi connectivity index (χ2v) is 23.9. The molecule has 3 saturated heterocycles. The highest BCUT2D eigenvalue weighted by atomic mass is 16.8. The topological polar surface area (TPSA) is 146 Å². The molecule has 10 rings (SSSR count). The Kier molecular flexibility index (Phi) is 27.3. The van der Waals surface area contributed by atoms with Gasteiger partial charge in [0.2, 0.25) is 0 Å². The Morgan fingerprint density at radius 1 is 0.337 bits per heavy atom. The van der Waals surface area contributed by atoms with Gasteiger partial charge in [0.05, 0.1) is 65.1 Å². The Hall–Kier alpha value is -6.51. The van der Waals surface area contributed by atoms with Crippen LogP contribution in [0.1, 0.15) is 105 Å². The Labute approximate surface area is 543 Å². The van der Waals surface area contributed by atoms with Crippen molar-refractivity contribution in [2.24, 2.45) is 0 Å². The number of carbonyl (C=O) groups excluding carboxylic acids is 1. The van der Waals surface area contributed by atoms with Gasteiger partial charge in [-0.25, -0.2) is 0 Å². The van der Waals surface area contributed by atoms with Crippen molar-refractivity contribution >= 4 is 5.97 Å². The fraction of sp³-hybridized carbons (Fsp3) is 0.442. The Bertz CT molecular complexity index is 3120. The van der Waals surface area contributed by atoms with Crippen molar-refractivity contribution in [3.05, 3.63) is 251 Å². The van der Waals surface area contributed by atoms with E-state index in [0.717, 1.165) is 71.0 Å². The van der Waals surface area contributed by atoms with Gasteiger partial charge in [0.25, 0.3) is 0 Å². The number of unbranched alkanes of at least 4 members (excludes halogenated alkanes) is 5. The van der Waals surface area contributed by atoms with E-state index < -0.39 is 98.1 Å². The first-order valence-electron chi connectivity index (χ1n) is 32.9. The molecule has 0 spiro atoms. The standard InChI is InChI=1S/C77H92O15/c1-5-6-7-8-9-31-46-80-75-72(85-52-63-42-27-15-28-43-63)71(68(83-50-61-38-23-13-24-39-61)65(90-75)54-79-47-58-32-17-10-18-33-58)92-76-73(86-53-64-44-29-16-30-45-64)70(67(56(3)87-76)82-49-60-36-21-12-22-37-60)91-77-74(89-57(4)78)69(84-51-62-40-25-14-26-41-62)66(55(2)88-77)81-48-59-34-19-11-20-35-59/h10-30,32-45,55-56,65-77H,5-9,31,46-54H2,1-4H3/t55-,56-,65+,66-,67-,68-,69+,70+,71-,72+,73+,74+,75+,76-,77-/m0/s1. The molecule has 0 amide bonds. The lowest BCUT2D eigenvalue weighted by atomic mass is 9.95. The maximum atomic E-state index is 13.6. The van der Waals surface area contributed by atoms with Gasteiger partial charge in [-0.05, 0) is 59.2 Å². The van der Waals surface area contributed by atoms with Crippen molar-refractivity contribution in [2.75, 3.05) is 13.2 Å². The Morgan fingerprint density at radius 3 is 1.08 bits per heavy atom. The number of hydrogen-bond donors (Lipinski definition) is 0. The molecule has 3 fully saturated rings. The van der Waals surface area contributed by atoms with E-state index in [4.69, 9.17) is 66.3 Å². The van der Waals surface area contributed by atoms with Gasteiger partial charge >= 0.3 is 5.97 Å². The van der Waals surface area contributed by atoms with E-state index in [1.807, 2.05) is 226 Å². The molecule has 0 aliphatic carbocycles. The molecule has 15 nitrogen and oxygen atoms in total. The SMILES string of the molecule is CCCCCCCCO[C@@H]1O[C@H](COCc2ccccc2)[C@H](OCc2ccccc2)[C@H](O[C@@H]2O[C@@H](C)[C@H](OCc3ccccc3)[C@@H](O[C@@H]3O[C@@H](C)[C@H](OCc4ccccc4)[C@@H](OCc4ccccc4)[C@H]3OC(C)=O)[C@H]2OCc2ccccc2)[C@H]1OCc1ccccc1. The van der Waals surface area contributed by atoms with E-state index in [2.05, 4.69) is 6.92 Å². The average molecular weight is 1260 g/mol. The third-order valence-electron chi connectivity index (χ3n) is 16.8. The predicted molar refractivity (Wildman–Crippen MR) is 348 cm³/mol. The lowest BCUT2D eigenvalue weighted by Gasteiger charge is -2.51. The van der Waals surface area contributed by atoms with Gasteiger partial charge in [-0.3, -0.25) is 4.79 Å². The zero-order valence-electron chi connectivity index (χ0n) is 53.6. The molecule has 0 N–H and O–H groups in total. The minimum absolute atomic E-state index is 0.109. The monoisotopic (exact) mass is 1260 g/mol. The molecule has 92 heavy (non-hydrogen) atoms. The van der Waals surface area contributed by atoms with Crippen LogP contribution < -0.4 is 0 Å². The van der Waals surface area contributed by atoms with E-state index in [0.29, 0.717) is 13.2 Å². The molecule has 0 radical (unpaired) electrons. The second-order valence-electron chi connectivity index (χ2n) is 23.9. The molecule has 7 aromatic rings. The van der Waals surface area contributed by atoms with Crippen LogP contribution in [0.15, 0.2) is 212 Å². The highest BCUT2D eigenvalue weighted by Crippen LogP contribution is 2.39. The quantitative estimate of drug-likeness (QED) is 0.0274. The molecular formula is C77H92O15. The lowest BCUT2D eigenvalue weighted by molar-refractivity contribution is -0.391. The molecule has 0 aromatic heterocycles. The first kappa shape index (κ1) is 68.4. The number of esters is 1. The van der Waals surface area contributed by atoms with Crippen LogP contribution in [0.5, 0.6) is 0 Å². The normalized spacial score (nSPS) is 26.5. The number of rotatable bonds is 35. The molecule has 15 heteroatoms. The fourth-order valence-electron chi connectivity index (χ4n) is 12.0. The summed E-state index contributed by atoms with van der Waals surface area (Å²) in [5.41, 5.74) is 6.58.